The molecule has 1 aliphatic heterocycles. The van der Waals surface area contributed by atoms with Crippen LogP contribution in [0.4, 0.5) is 0 Å². The molecule has 1 atom stereocenters. The van der Waals surface area contributed by atoms with Crippen LogP contribution in [0.5, 0.6) is 5.75 Å². The summed E-state index contributed by atoms with van der Waals surface area (Å²) in [5.74, 6) is 1.69. The first-order chi connectivity index (χ1) is 13.6. The summed E-state index contributed by atoms with van der Waals surface area (Å²) in [6.45, 7) is 7.50. The molecule has 0 aromatic heterocycles. The number of hydrogen-bond donors (Lipinski definition) is 1. The Morgan fingerprint density at radius 3 is 2.79 bits per heavy atom. The third kappa shape index (κ3) is 4.59. The number of carbonyl (C=O) groups is 1. The lowest BCUT2D eigenvalue weighted by atomic mass is 9.95. The number of carbonyl (C=O) groups excluding carboxylic acids is 1. The molecule has 1 aromatic carbocycles. The lowest BCUT2D eigenvalue weighted by Gasteiger charge is -2.34. The van der Waals surface area contributed by atoms with Crippen LogP contribution < -0.4 is 10.1 Å². The van der Waals surface area contributed by atoms with E-state index in [1.165, 1.54) is 5.56 Å². The molecule has 1 unspecified atom stereocenters. The monoisotopic (exact) mass is 387 g/mol. The number of nitrogens with zero attached hydrogens (tertiary/aromatic N) is 2. The Morgan fingerprint density at radius 2 is 2.11 bits per heavy atom. The zero-order valence-electron chi connectivity index (χ0n) is 17.4. The molecule has 1 N–H and O–H groups in total. The van der Waals surface area contributed by atoms with Gasteiger partial charge in [0.25, 0.3) is 0 Å². The predicted octanol–water partition coefficient (Wildman–Crippen LogP) is 2.97. The Balaban J connectivity index is 1.73. The van der Waals surface area contributed by atoms with Crippen molar-refractivity contribution in [1.29, 1.82) is 0 Å². The molecular weight excluding hydrogens is 354 g/mol. The minimum atomic E-state index is -0.0873. The van der Waals surface area contributed by atoms with E-state index in [4.69, 9.17) is 14.5 Å². The Bertz CT molecular complexity index is 700. The molecule has 0 amide bonds. The lowest BCUT2D eigenvalue weighted by molar-refractivity contribution is -0.149. The zero-order valence-corrected chi connectivity index (χ0v) is 17.4. The quantitative estimate of drug-likeness (QED) is 0.443. The molecule has 0 radical (unpaired) electrons. The van der Waals surface area contributed by atoms with Crippen molar-refractivity contribution in [3.63, 3.8) is 0 Å². The van der Waals surface area contributed by atoms with E-state index in [0.717, 1.165) is 57.0 Å². The Labute approximate surface area is 168 Å². The number of nitrogens with one attached hydrogen (secondary N) is 1. The number of benzene rings is 1. The minimum absolute atomic E-state index is 0.0679. The van der Waals surface area contributed by atoms with Crippen LogP contribution in [-0.2, 0) is 14.9 Å². The van der Waals surface area contributed by atoms with E-state index in [9.17, 15) is 4.79 Å². The Hall–Kier alpha value is -2.24. The number of methoxy groups -OCH3 is 1. The number of aliphatic imine (C=N–C) groups is 1. The molecule has 2 fully saturated rings. The van der Waals surface area contributed by atoms with Crippen molar-refractivity contribution >= 4 is 11.9 Å². The van der Waals surface area contributed by atoms with E-state index < -0.39 is 0 Å². The van der Waals surface area contributed by atoms with Crippen molar-refractivity contribution in [3.05, 3.63) is 29.8 Å². The summed E-state index contributed by atoms with van der Waals surface area (Å²) in [6, 6.07) is 8.27. The molecule has 6 nitrogen and oxygen atoms in total. The zero-order chi connectivity index (χ0) is 20.0. The summed E-state index contributed by atoms with van der Waals surface area (Å²) >= 11 is 0. The van der Waals surface area contributed by atoms with Gasteiger partial charge in [0.15, 0.2) is 5.96 Å². The van der Waals surface area contributed by atoms with Gasteiger partial charge < -0.3 is 19.7 Å². The van der Waals surface area contributed by atoms with Crippen molar-refractivity contribution in [2.45, 2.75) is 44.9 Å². The van der Waals surface area contributed by atoms with Gasteiger partial charge in [-0.25, -0.2) is 0 Å². The summed E-state index contributed by atoms with van der Waals surface area (Å²) in [4.78, 5) is 19.4. The lowest BCUT2D eigenvalue weighted by Crippen LogP contribution is -2.48. The van der Waals surface area contributed by atoms with Gasteiger partial charge in [-0.3, -0.25) is 9.79 Å². The fourth-order valence-electron chi connectivity index (χ4n) is 4.02. The number of guanidine groups is 1. The SMILES string of the molecule is CCNC(=NCC1(c2ccccc2OC)CC1)N1CCCC(C(=O)OCC)C1. The second-order valence-electron chi connectivity index (χ2n) is 7.69. The Kier molecular flexibility index (Phi) is 6.81. The number of ether oxygens (including phenoxy) is 2. The van der Waals surface area contributed by atoms with Crippen LogP contribution in [0.2, 0.25) is 0 Å². The van der Waals surface area contributed by atoms with Gasteiger partial charge in [-0.05, 0) is 45.6 Å². The van der Waals surface area contributed by atoms with Crippen LogP contribution in [-0.4, -0.2) is 56.7 Å². The molecule has 1 aliphatic carbocycles. The predicted molar refractivity (Wildman–Crippen MR) is 111 cm³/mol. The third-order valence-corrected chi connectivity index (χ3v) is 5.74. The highest BCUT2D eigenvalue weighted by atomic mass is 16.5. The molecule has 154 valence electrons. The normalized spacial score (nSPS) is 21.2. The number of esters is 1. The van der Waals surface area contributed by atoms with E-state index in [0.29, 0.717) is 13.2 Å². The number of hydrogen-bond acceptors (Lipinski definition) is 4. The van der Waals surface area contributed by atoms with E-state index in [1.54, 1.807) is 7.11 Å². The van der Waals surface area contributed by atoms with Crippen LogP contribution in [0.3, 0.4) is 0 Å². The number of likely N-dealkylation sites (tertiary alicyclic amines) is 1. The first-order valence-electron chi connectivity index (χ1n) is 10.5. The molecule has 1 aromatic rings. The minimum Gasteiger partial charge on any atom is -0.496 e. The van der Waals surface area contributed by atoms with Gasteiger partial charge in [0.2, 0.25) is 0 Å². The first kappa shape index (κ1) is 20.5. The van der Waals surface area contributed by atoms with Crippen LogP contribution in [0.1, 0.15) is 45.1 Å². The second kappa shape index (κ2) is 9.30. The fraction of sp³-hybridized carbons (Fsp3) is 0.636. The summed E-state index contributed by atoms with van der Waals surface area (Å²) in [6.07, 6.45) is 4.12. The second-order valence-corrected chi connectivity index (χ2v) is 7.69. The van der Waals surface area contributed by atoms with Crippen LogP contribution in [0.25, 0.3) is 0 Å². The molecule has 1 saturated heterocycles. The molecule has 0 bridgehead atoms. The fourth-order valence-corrected chi connectivity index (χ4v) is 4.02. The van der Waals surface area contributed by atoms with Gasteiger partial charge in [-0.2, -0.15) is 0 Å². The van der Waals surface area contributed by atoms with Crippen molar-refractivity contribution in [3.8, 4) is 5.75 Å². The van der Waals surface area contributed by atoms with Gasteiger partial charge in [0.1, 0.15) is 5.75 Å². The smallest absolute Gasteiger partial charge is 0.310 e. The molecular formula is C22H33N3O3. The number of piperidine rings is 1. The Morgan fingerprint density at radius 1 is 1.32 bits per heavy atom. The highest BCUT2D eigenvalue weighted by molar-refractivity contribution is 5.81. The van der Waals surface area contributed by atoms with Crippen LogP contribution in [0.15, 0.2) is 29.3 Å². The topological polar surface area (TPSA) is 63.2 Å². The van der Waals surface area contributed by atoms with Crippen LogP contribution >= 0.6 is 0 Å². The van der Waals surface area contributed by atoms with Gasteiger partial charge in [-0.1, -0.05) is 18.2 Å². The molecule has 1 saturated carbocycles. The van der Waals surface area contributed by atoms with Gasteiger partial charge >= 0.3 is 5.97 Å². The third-order valence-electron chi connectivity index (χ3n) is 5.74. The number of para-hydroxylation sites is 1. The van der Waals surface area contributed by atoms with E-state index in [1.807, 2.05) is 19.1 Å². The van der Waals surface area contributed by atoms with Gasteiger partial charge in [0, 0.05) is 30.6 Å². The van der Waals surface area contributed by atoms with Crippen molar-refractivity contribution < 1.29 is 14.3 Å². The summed E-state index contributed by atoms with van der Waals surface area (Å²) in [5, 5.41) is 3.42. The molecule has 3 rings (SSSR count). The van der Waals surface area contributed by atoms with E-state index in [-0.39, 0.29) is 17.3 Å². The van der Waals surface area contributed by atoms with Gasteiger partial charge in [-0.15, -0.1) is 0 Å². The molecule has 2 aliphatic rings. The van der Waals surface area contributed by atoms with Gasteiger partial charge in [0.05, 0.1) is 26.2 Å². The summed E-state index contributed by atoms with van der Waals surface area (Å²) in [7, 11) is 1.73. The average molecular weight is 388 g/mol. The van der Waals surface area contributed by atoms with Crippen molar-refractivity contribution in [2.24, 2.45) is 10.9 Å². The maximum atomic E-state index is 12.2. The van der Waals surface area contributed by atoms with Crippen LogP contribution in [0, 0.1) is 5.92 Å². The highest BCUT2D eigenvalue weighted by Gasteiger charge is 2.46. The molecule has 1 heterocycles. The summed E-state index contributed by atoms with van der Waals surface area (Å²) < 4.78 is 10.8. The molecule has 28 heavy (non-hydrogen) atoms. The largest absolute Gasteiger partial charge is 0.496 e. The van der Waals surface area contributed by atoms with Crippen molar-refractivity contribution in [2.75, 3.05) is 39.9 Å². The van der Waals surface area contributed by atoms with E-state index in [2.05, 4.69) is 29.3 Å². The molecule has 6 heteroatoms. The summed E-state index contributed by atoms with van der Waals surface area (Å²) in [5.41, 5.74) is 1.32. The molecule has 0 spiro atoms. The first-order valence-corrected chi connectivity index (χ1v) is 10.5. The highest BCUT2D eigenvalue weighted by Crippen LogP contribution is 2.51. The number of rotatable bonds is 7. The maximum absolute atomic E-state index is 12.2. The van der Waals surface area contributed by atoms with E-state index >= 15 is 0 Å². The standard InChI is InChI=1S/C22H33N3O3/c1-4-23-21(25-14-8-9-17(15-25)20(26)28-5-2)24-16-22(12-13-22)18-10-6-7-11-19(18)27-3/h6-7,10-11,17H,4-5,8-9,12-16H2,1-3H3,(H,23,24). The van der Waals surface area contributed by atoms with Crippen molar-refractivity contribution in [1.82, 2.24) is 10.2 Å². The maximum Gasteiger partial charge on any atom is 0.310 e. The average Bonchev–Trinajstić information content (AvgIpc) is 3.52.